The van der Waals surface area contributed by atoms with Gasteiger partial charge >= 0.3 is 30.4 Å². The van der Waals surface area contributed by atoms with E-state index in [2.05, 4.69) is 14.4 Å². The SMILES string of the molecule is CC(=O)O[C@@H](OC(=O)O[C@@H](C)C(=O)OC1=CC[C@@]2(O)[C@H]3Cc4ccc(CO)c5c4[C@@]2(CCN3C)[C@H]1O5)C(=O)O. The van der Waals surface area contributed by atoms with E-state index >= 15 is 0 Å². The second-order valence-corrected chi connectivity index (χ2v) is 10.2. The Balaban J connectivity index is 1.38. The Morgan fingerprint density at radius 2 is 1.95 bits per heavy atom. The third-order valence-electron chi connectivity index (χ3n) is 8.13. The Bertz CT molecular complexity index is 1280. The van der Waals surface area contributed by atoms with E-state index in [1.807, 2.05) is 13.1 Å². The van der Waals surface area contributed by atoms with Crippen molar-refractivity contribution >= 4 is 24.1 Å². The minimum atomic E-state index is -2.25. The molecule has 2 aliphatic heterocycles. The fourth-order valence-electron chi connectivity index (χ4n) is 6.41. The zero-order chi connectivity index (χ0) is 28.3. The van der Waals surface area contributed by atoms with Gasteiger partial charge in [0.1, 0.15) is 11.5 Å². The minimum absolute atomic E-state index is 0.132. The van der Waals surface area contributed by atoms with E-state index < -0.39 is 53.6 Å². The van der Waals surface area contributed by atoms with Crippen molar-refractivity contribution < 1.29 is 58.2 Å². The molecule has 1 fully saturated rings. The number of nitrogens with zero attached hydrogens (tertiary/aromatic N) is 1. The summed E-state index contributed by atoms with van der Waals surface area (Å²) in [5.74, 6) is -3.15. The number of carbonyl (C=O) groups excluding carboxylic acids is 3. The van der Waals surface area contributed by atoms with E-state index in [1.54, 1.807) is 12.1 Å². The number of esters is 2. The van der Waals surface area contributed by atoms with Gasteiger partial charge in [-0.2, -0.15) is 0 Å². The van der Waals surface area contributed by atoms with Crippen LogP contribution in [0.1, 0.15) is 43.4 Å². The lowest BCUT2D eigenvalue weighted by atomic mass is 9.50. The van der Waals surface area contributed by atoms with Gasteiger partial charge in [0.15, 0.2) is 12.2 Å². The number of benzene rings is 1. The first-order chi connectivity index (χ1) is 18.4. The number of piperidine rings is 1. The first kappa shape index (κ1) is 26.9. The molecule has 13 nitrogen and oxygen atoms in total. The second kappa shape index (κ2) is 9.50. The summed E-state index contributed by atoms with van der Waals surface area (Å²) in [5.41, 5.74) is 0.235. The molecule has 4 aliphatic rings. The van der Waals surface area contributed by atoms with Crippen LogP contribution in [0.4, 0.5) is 4.79 Å². The summed E-state index contributed by atoms with van der Waals surface area (Å²) in [6.07, 6.45) is -3.35. The average molecular weight is 548 g/mol. The lowest BCUT2D eigenvalue weighted by molar-refractivity contribution is -0.190. The van der Waals surface area contributed by atoms with Crippen LogP contribution in [-0.4, -0.2) is 88.0 Å². The Morgan fingerprint density at radius 1 is 1.21 bits per heavy atom. The van der Waals surface area contributed by atoms with E-state index in [0.29, 0.717) is 30.7 Å². The van der Waals surface area contributed by atoms with Crippen molar-refractivity contribution in [2.45, 2.75) is 75.3 Å². The number of hydrogen-bond donors (Lipinski definition) is 3. The van der Waals surface area contributed by atoms with Crippen molar-refractivity contribution in [3.05, 3.63) is 40.7 Å². The van der Waals surface area contributed by atoms with Gasteiger partial charge in [-0.15, -0.1) is 0 Å². The Kier molecular flexibility index (Phi) is 6.56. The molecule has 1 saturated heterocycles. The zero-order valence-corrected chi connectivity index (χ0v) is 21.5. The van der Waals surface area contributed by atoms with Crippen molar-refractivity contribution in [3.63, 3.8) is 0 Å². The lowest BCUT2D eigenvalue weighted by Gasteiger charge is -2.61. The van der Waals surface area contributed by atoms with Crippen molar-refractivity contribution in [2.75, 3.05) is 13.6 Å². The number of carbonyl (C=O) groups is 4. The molecule has 1 spiro atoms. The maximum Gasteiger partial charge on any atom is 0.512 e. The maximum atomic E-state index is 12.9. The molecule has 2 aliphatic carbocycles. The number of carboxylic acids is 1. The monoisotopic (exact) mass is 547 g/mol. The topological polar surface area (TPSA) is 178 Å². The Morgan fingerprint density at radius 3 is 2.62 bits per heavy atom. The standard InChI is InChI=1S/C26H29NO12/c1-12(35-24(33)39-23(21(30)31)36-13(2)29)22(32)37-16-6-7-26(34)17-10-14-4-5-15(11-28)19-18(14)25(26,20(16)38-19)8-9-27(17)3/h4-6,12,17,20,23,28,34H,7-11H2,1-3H3,(H,30,31)/t12-,17+,20-,23-,25-,26+/m0/s1. The third kappa shape index (κ3) is 4.03. The normalized spacial score (nSPS) is 29.6. The number of rotatable bonds is 7. The van der Waals surface area contributed by atoms with Gasteiger partial charge in [-0.1, -0.05) is 12.1 Å². The van der Waals surface area contributed by atoms with Gasteiger partial charge < -0.3 is 43.9 Å². The van der Waals surface area contributed by atoms with Crippen molar-refractivity contribution in [1.29, 1.82) is 0 Å². The highest BCUT2D eigenvalue weighted by Gasteiger charge is 2.71. The molecule has 0 saturated carbocycles. The Hall–Kier alpha value is -3.68. The van der Waals surface area contributed by atoms with Crippen LogP contribution in [0.3, 0.4) is 0 Å². The number of likely N-dealkylation sites (tertiary alicyclic amines) is 1. The quantitative estimate of drug-likeness (QED) is 0.245. The maximum absolute atomic E-state index is 12.9. The van der Waals surface area contributed by atoms with Crippen LogP contribution < -0.4 is 4.74 Å². The van der Waals surface area contributed by atoms with E-state index in [9.17, 15) is 29.4 Å². The molecule has 5 rings (SSSR count). The zero-order valence-electron chi connectivity index (χ0n) is 21.5. The molecule has 13 heteroatoms. The van der Waals surface area contributed by atoms with Crippen molar-refractivity contribution in [3.8, 4) is 5.75 Å². The third-order valence-corrected chi connectivity index (χ3v) is 8.13. The number of ether oxygens (including phenoxy) is 5. The highest BCUT2D eigenvalue weighted by Crippen LogP contribution is 2.64. The van der Waals surface area contributed by atoms with Crippen LogP contribution in [-0.2, 0) is 51.8 Å². The number of likely N-dealkylation sites (N-methyl/N-ethyl adjacent to an activating group) is 1. The molecule has 2 bridgehead atoms. The largest absolute Gasteiger partial charge is 0.512 e. The summed E-state index contributed by atoms with van der Waals surface area (Å²) in [7, 11) is 1.96. The fourth-order valence-corrected chi connectivity index (χ4v) is 6.41. The number of aliphatic hydroxyl groups excluding tert-OH is 1. The van der Waals surface area contributed by atoms with Gasteiger partial charge in [-0.05, 0) is 45.0 Å². The van der Waals surface area contributed by atoms with E-state index in [1.165, 1.54) is 6.92 Å². The first-order valence-corrected chi connectivity index (χ1v) is 12.5. The Labute approximate surface area is 222 Å². The van der Waals surface area contributed by atoms with E-state index in [-0.39, 0.29) is 24.8 Å². The van der Waals surface area contributed by atoms with Gasteiger partial charge in [0.2, 0.25) is 0 Å². The first-order valence-electron chi connectivity index (χ1n) is 12.5. The van der Waals surface area contributed by atoms with Gasteiger partial charge in [0.25, 0.3) is 0 Å². The molecule has 210 valence electrons. The summed E-state index contributed by atoms with van der Waals surface area (Å²) in [6.45, 7) is 2.51. The molecular weight excluding hydrogens is 518 g/mol. The van der Waals surface area contributed by atoms with Crippen LogP contribution in [0.2, 0.25) is 0 Å². The lowest BCUT2D eigenvalue weighted by Crippen LogP contribution is -2.74. The van der Waals surface area contributed by atoms with Crippen LogP contribution in [0.25, 0.3) is 0 Å². The van der Waals surface area contributed by atoms with E-state index in [0.717, 1.165) is 18.1 Å². The van der Waals surface area contributed by atoms with Crippen molar-refractivity contribution in [2.24, 2.45) is 0 Å². The van der Waals surface area contributed by atoms with Gasteiger partial charge in [-0.3, -0.25) is 4.79 Å². The number of hydrogen-bond acceptors (Lipinski definition) is 12. The summed E-state index contributed by atoms with van der Waals surface area (Å²) >= 11 is 0. The highest BCUT2D eigenvalue weighted by molar-refractivity contribution is 5.80. The molecule has 0 aromatic heterocycles. The minimum Gasteiger partial charge on any atom is -0.481 e. The predicted octanol–water partition coefficient (Wildman–Crippen LogP) is 0.515. The van der Waals surface area contributed by atoms with Crippen LogP contribution in [0.15, 0.2) is 24.0 Å². The van der Waals surface area contributed by atoms with E-state index in [4.69, 9.17) is 19.3 Å². The van der Waals surface area contributed by atoms with Crippen LogP contribution in [0, 0.1) is 0 Å². The summed E-state index contributed by atoms with van der Waals surface area (Å²) in [6, 6.07) is 3.52. The average Bonchev–Trinajstić information content (AvgIpc) is 3.22. The highest BCUT2D eigenvalue weighted by atomic mass is 16.8. The molecule has 0 unspecified atom stereocenters. The van der Waals surface area contributed by atoms with Gasteiger partial charge in [-0.25, -0.2) is 14.4 Å². The van der Waals surface area contributed by atoms with Gasteiger partial charge in [0.05, 0.1) is 17.6 Å². The predicted molar refractivity (Wildman–Crippen MR) is 127 cm³/mol. The summed E-state index contributed by atoms with van der Waals surface area (Å²) in [5, 5.41) is 31.2. The van der Waals surface area contributed by atoms with Crippen molar-refractivity contribution in [1.82, 2.24) is 4.90 Å². The number of aliphatic hydroxyl groups is 2. The molecule has 0 radical (unpaired) electrons. The number of carboxylic acid groups (broad SMARTS) is 1. The number of aliphatic carboxylic acids is 1. The molecule has 2 heterocycles. The van der Waals surface area contributed by atoms with Gasteiger partial charge in [0, 0.05) is 30.5 Å². The second-order valence-electron chi connectivity index (χ2n) is 10.2. The smallest absolute Gasteiger partial charge is 0.481 e. The summed E-state index contributed by atoms with van der Waals surface area (Å²) < 4.78 is 25.7. The summed E-state index contributed by atoms with van der Waals surface area (Å²) in [4.78, 5) is 49.2. The molecule has 6 atom stereocenters. The fraction of sp³-hybridized carbons (Fsp3) is 0.538. The van der Waals surface area contributed by atoms with Crippen LogP contribution in [0.5, 0.6) is 5.75 Å². The van der Waals surface area contributed by atoms with Crippen LogP contribution >= 0.6 is 0 Å². The molecule has 3 N–H and O–H groups in total. The molecule has 1 aromatic rings. The molecule has 1 aromatic carbocycles. The molecular formula is C26H29NO12. The molecule has 0 amide bonds. The molecule has 39 heavy (non-hydrogen) atoms.